The zero-order chi connectivity index (χ0) is 13.2. The van der Waals surface area contributed by atoms with E-state index in [0.29, 0.717) is 11.8 Å². The maximum Gasteiger partial charge on any atom is 0.257 e. The Hall–Kier alpha value is 0.0300. The van der Waals surface area contributed by atoms with Gasteiger partial charge in [-0.2, -0.15) is 0 Å². The Balaban J connectivity index is 3.34. The van der Waals surface area contributed by atoms with Crippen LogP contribution in [0.4, 0.5) is 0 Å². The third-order valence-electron chi connectivity index (χ3n) is 2.83. The summed E-state index contributed by atoms with van der Waals surface area (Å²) in [6.07, 6.45) is 0.262. The van der Waals surface area contributed by atoms with Crippen LogP contribution in [0.25, 0.3) is 0 Å². The van der Waals surface area contributed by atoms with Crippen molar-refractivity contribution in [2.45, 2.75) is 45.7 Å². The van der Waals surface area contributed by atoms with E-state index in [4.69, 9.17) is 22.5 Å². The van der Waals surface area contributed by atoms with Gasteiger partial charge in [0.25, 0.3) is 5.85 Å². The highest BCUT2D eigenvalue weighted by Crippen LogP contribution is 2.60. The first-order valence-electron chi connectivity index (χ1n) is 5.82. The quantitative estimate of drug-likeness (QED) is 0.612. The van der Waals surface area contributed by atoms with E-state index >= 15 is 0 Å². The molecule has 0 amide bonds. The van der Waals surface area contributed by atoms with Crippen molar-refractivity contribution >= 4 is 28.3 Å². The van der Waals surface area contributed by atoms with Gasteiger partial charge in [-0.25, -0.2) is 0 Å². The Morgan fingerprint density at radius 2 is 1.47 bits per heavy atom. The third-order valence-corrected chi connectivity index (χ3v) is 4.24. The lowest BCUT2D eigenvalue weighted by Crippen LogP contribution is -2.02. The zero-order valence-electron chi connectivity index (χ0n) is 10.7. The topological polar surface area (TPSA) is 17.1 Å². The molecular formula is C13H19Cl2OP. The molecule has 0 aliphatic rings. The van der Waals surface area contributed by atoms with Crippen LogP contribution in [0.5, 0.6) is 0 Å². The van der Waals surface area contributed by atoms with Gasteiger partial charge in [-0.3, -0.25) is 4.57 Å². The molecule has 4 heteroatoms. The van der Waals surface area contributed by atoms with Crippen LogP contribution < -0.4 is 0 Å². The predicted octanol–water partition coefficient (Wildman–Crippen LogP) is 6.10. The molecule has 0 atom stereocenters. The van der Waals surface area contributed by atoms with Crippen LogP contribution in [0.2, 0.25) is 0 Å². The Morgan fingerprint density at radius 3 is 1.76 bits per heavy atom. The van der Waals surface area contributed by atoms with Crippen LogP contribution in [-0.2, 0) is 10.7 Å². The largest absolute Gasteiger partial charge is 0.289 e. The molecule has 0 radical (unpaired) electrons. The average molecular weight is 293 g/mol. The first-order chi connectivity index (χ1) is 7.72. The van der Waals surface area contributed by atoms with Crippen molar-refractivity contribution in [1.82, 2.24) is 0 Å². The molecule has 0 spiro atoms. The van der Waals surface area contributed by atoms with E-state index in [1.54, 1.807) is 0 Å². The highest BCUT2D eigenvalue weighted by molar-refractivity contribution is 8.08. The SMILES string of the molecule is CC(C)c1cccc(C(C)C)c1CP(=O)(Cl)Cl. The van der Waals surface area contributed by atoms with E-state index in [1.165, 1.54) is 11.1 Å². The van der Waals surface area contributed by atoms with Gasteiger partial charge in [0.1, 0.15) is 0 Å². The van der Waals surface area contributed by atoms with Crippen LogP contribution >= 0.6 is 28.3 Å². The van der Waals surface area contributed by atoms with Crippen LogP contribution in [0.3, 0.4) is 0 Å². The van der Waals surface area contributed by atoms with E-state index in [0.717, 1.165) is 5.56 Å². The summed E-state index contributed by atoms with van der Waals surface area (Å²) in [4.78, 5) is 0. The van der Waals surface area contributed by atoms with E-state index < -0.39 is 5.85 Å². The second-order valence-electron chi connectivity index (χ2n) is 4.95. The van der Waals surface area contributed by atoms with Gasteiger partial charge in [0.05, 0.1) is 6.16 Å². The lowest BCUT2D eigenvalue weighted by atomic mass is 9.90. The minimum Gasteiger partial charge on any atom is -0.289 e. The number of benzene rings is 1. The fourth-order valence-electron chi connectivity index (χ4n) is 2.07. The molecule has 1 nitrogen and oxygen atoms in total. The van der Waals surface area contributed by atoms with E-state index in [2.05, 4.69) is 39.8 Å². The second kappa shape index (κ2) is 5.78. The van der Waals surface area contributed by atoms with Crippen molar-refractivity contribution in [2.24, 2.45) is 0 Å². The molecule has 0 saturated heterocycles. The van der Waals surface area contributed by atoms with Gasteiger partial charge >= 0.3 is 0 Å². The molecule has 0 fully saturated rings. The van der Waals surface area contributed by atoms with Crippen molar-refractivity contribution < 1.29 is 4.57 Å². The number of rotatable bonds is 4. The van der Waals surface area contributed by atoms with E-state index in [-0.39, 0.29) is 6.16 Å². The molecule has 0 N–H and O–H groups in total. The first-order valence-corrected chi connectivity index (χ1v) is 9.52. The van der Waals surface area contributed by atoms with Crippen molar-refractivity contribution in [3.05, 3.63) is 34.9 Å². The van der Waals surface area contributed by atoms with Crippen molar-refractivity contribution in [3.8, 4) is 0 Å². The summed E-state index contributed by atoms with van der Waals surface area (Å²) in [6, 6.07) is 6.17. The summed E-state index contributed by atoms with van der Waals surface area (Å²) < 4.78 is 11.7. The summed E-state index contributed by atoms with van der Waals surface area (Å²) >= 11 is 11.5. The predicted molar refractivity (Wildman–Crippen MR) is 77.6 cm³/mol. The summed E-state index contributed by atoms with van der Waals surface area (Å²) in [6.45, 7) is 8.49. The molecule has 17 heavy (non-hydrogen) atoms. The molecule has 96 valence electrons. The van der Waals surface area contributed by atoms with Gasteiger partial charge in [-0.15, -0.1) is 0 Å². The molecule has 0 unspecified atom stereocenters. The van der Waals surface area contributed by atoms with Gasteiger partial charge in [0.15, 0.2) is 0 Å². The highest BCUT2D eigenvalue weighted by atomic mass is 35.9. The number of halogens is 2. The van der Waals surface area contributed by atoms with Gasteiger partial charge in [0, 0.05) is 0 Å². The Kier molecular flexibility index (Phi) is 5.13. The lowest BCUT2D eigenvalue weighted by molar-refractivity contribution is 0.591. The fraction of sp³-hybridized carbons (Fsp3) is 0.538. The van der Waals surface area contributed by atoms with Crippen molar-refractivity contribution in [3.63, 3.8) is 0 Å². The summed E-state index contributed by atoms with van der Waals surface area (Å²) in [7, 11) is 0. The number of hydrogen-bond donors (Lipinski definition) is 0. The maximum atomic E-state index is 11.7. The van der Waals surface area contributed by atoms with Gasteiger partial charge in [-0.05, 0) is 51.0 Å². The Labute approximate surface area is 113 Å². The van der Waals surface area contributed by atoms with Crippen molar-refractivity contribution in [1.29, 1.82) is 0 Å². The average Bonchev–Trinajstić information content (AvgIpc) is 2.14. The van der Waals surface area contributed by atoms with Gasteiger partial charge in [0.2, 0.25) is 0 Å². The molecule has 0 saturated carbocycles. The molecule has 0 aliphatic heterocycles. The second-order valence-corrected chi connectivity index (χ2v) is 10.2. The Bertz CT molecular complexity index is 409. The summed E-state index contributed by atoms with van der Waals surface area (Å²) in [5, 5.41) is 0. The number of hydrogen-bond acceptors (Lipinski definition) is 1. The minimum absolute atomic E-state index is 0.262. The Morgan fingerprint density at radius 1 is 1.06 bits per heavy atom. The van der Waals surface area contributed by atoms with E-state index in [9.17, 15) is 4.57 Å². The van der Waals surface area contributed by atoms with Crippen LogP contribution in [0.15, 0.2) is 18.2 Å². The molecule has 0 aliphatic carbocycles. The summed E-state index contributed by atoms with van der Waals surface area (Å²) in [5.41, 5.74) is 3.45. The van der Waals surface area contributed by atoms with E-state index in [1.807, 2.05) is 6.07 Å². The standard InChI is InChI=1S/C13H19Cl2OP/c1-9(2)11-6-5-7-12(10(3)4)13(11)8-17(14,15)16/h5-7,9-10H,8H2,1-4H3. The molecule has 0 aromatic heterocycles. The third kappa shape index (κ3) is 4.32. The monoisotopic (exact) mass is 292 g/mol. The lowest BCUT2D eigenvalue weighted by Gasteiger charge is -2.19. The fourth-order valence-corrected chi connectivity index (χ4v) is 3.52. The van der Waals surface area contributed by atoms with Crippen molar-refractivity contribution in [2.75, 3.05) is 0 Å². The zero-order valence-corrected chi connectivity index (χ0v) is 13.1. The molecule has 1 aromatic carbocycles. The normalized spacial score (nSPS) is 12.5. The smallest absolute Gasteiger partial charge is 0.257 e. The van der Waals surface area contributed by atoms with Crippen LogP contribution in [0, 0.1) is 0 Å². The molecule has 1 rings (SSSR count). The molecule has 0 heterocycles. The molecular weight excluding hydrogens is 274 g/mol. The highest BCUT2D eigenvalue weighted by Gasteiger charge is 2.21. The maximum absolute atomic E-state index is 11.7. The summed E-state index contributed by atoms with van der Waals surface area (Å²) in [5.74, 6) is -2.32. The van der Waals surface area contributed by atoms with Gasteiger partial charge in [-0.1, -0.05) is 45.9 Å². The van der Waals surface area contributed by atoms with Crippen LogP contribution in [-0.4, -0.2) is 0 Å². The molecule has 0 bridgehead atoms. The molecule has 1 aromatic rings. The van der Waals surface area contributed by atoms with Crippen LogP contribution in [0.1, 0.15) is 56.2 Å². The van der Waals surface area contributed by atoms with Gasteiger partial charge < -0.3 is 0 Å². The minimum atomic E-state index is -3.08. The first kappa shape index (κ1) is 15.1.